The molecule has 0 saturated carbocycles. The van der Waals surface area contributed by atoms with Gasteiger partial charge in [-0.15, -0.1) is 0 Å². The van der Waals surface area contributed by atoms with Crippen molar-refractivity contribution in [2.24, 2.45) is 4.99 Å². The van der Waals surface area contributed by atoms with Crippen molar-refractivity contribution < 1.29 is 0 Å². The van der Waals surface area contributed by atoms with Crippen LogP contribution in [0.15, 0.2) is 156 Å². The molecule has 1 unspecified atom stereocenters. The summed E-state index contributed by atoms with van der Waals surface area (Å²) in [4.78, 5) is 5.40. The Morgan fingerprint density at radius 1 is 0.518 bits per heavy atom. The number of benzene rings is 4. The van der Waals surface area contributed by atoms with E-state index in [0.29, 0.717) is 0 Å². The van der Waals surface area contributed by atoms with Gasteiger partial charge in [0.05, 0.1) is 22.8 Å². The molecule has 3 heterocycles. The van der Waals surface area contributed by atoms with Crippen LogP contribution in [0.25, 0.3) is 56.5 Å². The lowest BCUT2D eigenvalue weighted by Gasteiger charge is -2.26. The van der Waals surface area contributed by atoms with Gasteiger partial charge in [-0.3, -0.25) is 4.99 Å². The average molecular weight is 724 g/mol. The van der Waals surface area contributed by atoms with Crippen LogP contribution >= 0.6 is 0 Å². The number of rotatable bonds is 6. The highest BCUT2D eigenvalue weighted by Crippen LogP contribution is 2.44. The van der Waals surface area contributed by atoms with E-state index in [1.54, 1.807) is 5.56 Å². The minimum Gasteiger partial charge on any atom is -0.313 e. The fourth-order valence-corrected chi connectivity index (χ4v) is 9.88. The number of aliphatic imine (C=N–C) groups is 1. The Morgan fingerprint density at radius 2 is 1.30 bits per heavy atom. The van der Waals surface area contributed by atoms with E-state index in [0.717, 1.165) is 63.5 Å². The summed E-state index contributed by atoms with van der Waals surface area (Å²) in [6.07, 6.45) is 30.9. The van der Waals surface area contributed by atoms with Crippen molar-refractivity contribution in [1.29, 1.82) is 0 Å². The molecule has 272 valence electrons. The van der Waals surface area contributed by atoms with E-state index in [1.165, 1.54) is 83.6 Å². The molecule has 11 rings (SSSR count). The molecule has 4 aromatic carbocycles. The summed E-state index contributed by atoms with van der Waals surface area (Å²) in [7, 11) is 0. The zero-order valence-corrected chi connectivity index (χ0v) is 31.8. The molecule has 2 aromatic heterocycles. The molecule has 0 fully saturated rings. The quantitative estimate of drug-likeness (QED) is 0.163. The molecule has 1 aliphatic heterocycles. The third-order valence-corrected chi connectivity index (χ3v) is 12.5. The SMILES string of the molecule is C1=CC(C2=NC(c3ccccc3)CC(n3c4c(c5c3C=C(c3ccc6c(c3)c3ccccc3n6C3=CC(c6ccccc6)=CCC3)CC5)CCC=C4)=C2)=CCC1. The molecule has 1 atom stereocenters. The van der Waals surface area contributed by atoms with Gasteiger partial charge in [0, 0.05) is 40.0 Å². The van der Waals surface area contributed by atoms with Crippen molar-refractivity contribution >= 4 is 62.2 Å². The van der Waals surface area contributed by atoms with Gasteiger partial charge in [-0.25, -0.2) is 0 Å². The average Bonchev–Trinajstić information content (AvgIpc) is 3.79. The van der Waals surface area contributed by atoms with Crippen molar-refractivity contribution in [1.82, 2.24) is 9.13 Å². The van der Waals surface area contributed by atoms with E-state index < -0.39 is 0 Å². The Kier molecular flexibility index (Phi) is 8.19. The van der Waals surface area contributed by atoms with Crippen LogP contribution in [0.2, 0.25) is 0 Å². The lowest BCUT2D eigenvalue weighted by Crippen LogP contribution is -2.16. The van der Waals surface area contributed by atoms with Gasteiger partial charge in [-0.05, 0) is 138 Å². The maximum absolute atomic E-state index is 5.40. The van der Waals surface area contributed by atoms with Gasteiger partial charge in [0.15, 0.2) is 0 Å². The molecule has 6 aromatic rings. The van der Waals surface area contributed by atoms with Crippen molar-refractivity contribution in [2.75, 3.05) is 0 Å². The second-order valence-corrected chi connectivity index (χ2v) is 15.9. The number of hydrogen-bond acceptors (Lipinski definition) is 1. The van der Waals surface area contributed by atoms with E-state index in [4.69, 9.17) is 4.99 Å². The molecule has 0 radical (unpaired) electrons. The Bertz CT molecular complexity index is 2800. The number of nitrogens with zero attached hydrogens (tertiary/aromatic N) is 3. The number of para-hydroxylation sites is 1. The zero-order chi connectivity index (χ0) is 37.0. The van der Waals surface area contributed by atoms with Crippen molar-refractivity contribution in [3.63, 3.8) is 0 Å². The Balaban J connectivity index is 1.03. The Morgan fingerprint density at radius 3 is 2.18 bits per heavy atom. The third kappa shape index (κ3) is 5.68. The molecule has 0 N–H and O–H groups in total. The minimum absolute atomic E-state index is 0.0778. The molecule has 3 heteroatoms. The molecule has 0 amide bonds. The highest BCUT2D eigenvalue weighted by atomic mass is 15.0. The highest BCUT2D eigenvalue weighted by molar-refractivity contribution is 6.14. The van der Waals surface area contributed by atoms with Gasteiger partial charge in [0.25, 0.3) is 0 Å². The van der Waals surface area contributed by atoms with Gasteiger partial charge < -0.3 is 9.13 Å². The lowest BCUT2D eigenvalue weighted by molar-refractivity contribution is 0.721. The second-order valence-electron chi connectivity index (χ2n) is 15.9. The van der Waals surface area contributed by atoms with Crippen molar-refractivity contribution in [3.8, 4) is 0 Å². The largest absolute Gasteiger partial charge is 0.313 e. The predicted octanol–water partition coefficient (Wildman–Crippen LogP) is 13.5. The molecule has 5 aliphatic rings. The van der Waals surface area contributed by atoms with Crippen molar-refractivity contribution in [2.45, 2.75) is 63.8 Å². The normalized spacial score (nSPS) is 19.1. The fourth-order valence-electron chi connectivity index (χ4n) is 9.88. The maximum atomic E-state index is 5.40. The fraction of sp³-hybridized carbons (Fsp3) is 0.189. The van der Waals surface area contributed by atoms with Crippen LogP contribution < -0.4 is 0 Å². The third-order valence-electron chi connectivity index (χ3n) is 12.5. The van der Waals surface area contributed by atoms with Gasteiger partial charge in [0.2, 0.25) is 0 Å². The van der Waals surface area contributed by atoms with Gasteiger partial charge >= 0.3 is 0 Å². The number of hydrogen-bond donors (Lipinski definition) is 0. The summed E-state index contributed by atoms with van der Waals surface area (Å²) in [6, 6.07) is 38.0. The monoisotopic (exact) mass is 723 g/mol. The summed E-state index contributed by atoms with van der Waals surface area (Å²) in [5.41, 5.74) is 20.1. The Hall–Kier alpha value is -6.19. The number of allylic oxidation sites excluding steroid dienone is 11. The van der Waals surface area contributed by atoms with Crippen LogP contribution in [0.1, 0.15) is 90.2 Å². The molecule has 0 saturated heterocycles. The molecular weight excluding hydrogens is 679 g/mol. The number of aromatic nitrogens is 2. The first-order valence-electron chi connectivity index (χ1n) is 20.6. The summed E-state index contributed by atoms with van der Waals surface area (Å²) in [6.45, 7) is 0. The smallest absolute Gasteiger partial charge is 0.0811 e. The summed E-state index contributed by atoms with van der Waals surface area (Å²) in [5.74, 6) is 0. The predicted molar refractivity (Wildman–Crippen MR) is 237 cm³/mol. The first kappa shape index (κ1) is 33.2. The number of fused-ring (bicyclic) bond motifs is 6. The molecular formula is C53H45N3. The lowest BCUT2D eigenvalue weighted by atomic mass is 9.88. The minimum atomic E-state index is 0.0778. The second kappa shape index (κ2) is 13.8. The summed E-state index contributed by atoms with van der Waals surface area (Å²) in [5, 5.41) is 2.65. The standard InChI is InChI=1S/C53H45N3/c1-4-15-36(16-5-1)39-21-14-22-42(31-39)55-51-26-13-11-24-45(51)47-32-40(28-30-52(47)55)41-27-29-46-44-23-10-12-25-50(44)56(53(46)33-41)43-34-48(37-17-6-2-7-18-37)54-49(35-43)38-19-8-3-9-20-38/h1-2,4-8,11-13,15-21,24-26,28,30-33,35,48H,3,9-10,14,22-23,27,29,34H2. The first-order chi connectivity index (χ1) is 27.8. The van der Waals surface area contributed by atoms with E-state index in [9.17, 15) is 0 Å². The van der Waals surface area contributed by atoms with Crippen LogP contribution in [0.5, 0.6) is 0 Å². The van der Waals surface area contributed by atoms with E-state index in [-0.39, 0.29) is 6.04 Å². The van der Waals surface area contributed by atoms with Gasteiger partial charge in [-0.2, -0.15) is 0 Å². The molecule has 56 heavy (non-hydrogen) atoms. The van der Waals surface area contributed by atoms with Gasteiger partial charge in [0.1, 0.15) is 0 Å². The Labute approximate surface area is 329 Å². The van der Waals surface area contributed by atoms with E-state index in [1.807, 2.05) is 0 Å². The molecule has 0 spiro atoms. The van der Waals surface area contributed by atoms with E-state index in [2.05, 4.69) is 167 Å². The summed E-state index contributed by atoms with van der Waals surface area (Å²) >= 11 is 0. The van der Waals surface area contributed by atoms with Crippen LogP contribution in [0.4, 0.5) is 0 Å². The van der Waals surface area contributed by atoms with Gasteiger partial charge in [-0.1, -0.05) is 115 Å². The highest BCUT2D eigenvalue weighted by Gasteiger charge is 2.30. The molecule has 0 bridgehead atoms. The van der Waals surface area contributed by atoms with E-state index >= 15 is 0 Å². The van der Waals surface area contributed by atoms with Crippen LogP contribution in [0.3, 0.4) is 0 Å². The molecule has 3 nitrogen and oxygen atoms in total. The van der Waals surface area contributed by atoms with Crippen LogP contribution in [0, 0.1) is 0 Å². The van der Waals surface area contributed by atoms with Crippen LogP contribution in [-0.4, -0.2) is 14.8 Å². The number of dihydropyridines is 1. The summed E-state index contributed by atoms with van der Waals surface area (Å²) < 4.78 is 5.15. The first-order valence-corrected chi connectivity index (χ1v) is 20.6. The molecule has 4 aliphatic carbocycles. The zero-order valence-electron chi connectivity index (χ0n) is 31.8. The van der Waals surface area contributed by atoms with Crippen molar-refractivity contribution in [3.05, 3.63) is 190 Å². The topological polar surface area (TPSA) is 22.2 Å². The van der Waals surface area contributed by atoms with Crippen LogP contribution in [-0.2, 0) is 12.8 Å². The maximum Gasteiger partial charge on any atom is 0.0811 e.